The molecule has 1 amide bonds. The number of carbonyl (C=O) groups excluding carboxylic acids is 1. The molecule has 2 aromatic rings. The van der Waals surface area contributed by atoms with Gasteiger partial charge in [0.05, 0.1) is 5.75 Å². The van der Waals surface area contributed by atoms with Gasteiger partial charge < -0.3 is 10.3 Å². The van der Waals surface area contributed by atoms with E-state index in [2.05, 4.69) is 15.3 Å². The van der Waals surface area contributed by atoms with Gasteiger partial charge in [-0.1, -0.05) is 43.3 Å². The molecule has 128 valence electrons. The van der Waals surface area contributed by atoms with Crippen LogP contribution in [0, 0.1) is 5.82 Å². The topological polar surface area (TPSA) is 74.8 Å². The number of benzene rings is 1. The number of thioether (sulfide) groups is 1. The summed E-state index contributed by atoms with van der Waals surface area (Å²) in [6.07, 6.45) is 2.06. The number of halogens is 1. The van der Waals surface area contributed by atoms with E-state index in [0.29, 0.717) is 23.7 Å². The number of hydrogen-bond donors (Lipinski definition) is 2. The SMILES string of the molecule is CCCc1cc(=O)[nH]c(SCC(=O)NCCc2ccccc2F)n1. The van der Waals surface area contributed by atoms with Crippen LogP contribution in [0.25, 0.3) is 0 Å². The molecule has 0 aliphatic rings. The summed E-state index contributed by atoms with van der Waals surface area (Å²) < 4.78 is 13.5. The van der Waals surface area contributed by atoms with Crippen LogP contribution in [0.1, 0.15) is 24.6 Å². The van der Waals surface area contributed by atoms with E-state index >= 15 is 0 Å². The summed E-state index contributed by atoms with van der Waals surface area (Å²) in [6, 6.07) is 7.97. The van der Waals surface area contributed by atoms with E-state index in [4.69, 9.17) is 0 Å². The molecular weight excluding hydrogens is 329 g/mol. The Morgan fingerprint density at radius 3 is 2.88 bits per heavy atom. The quantitative estimate of drug-likeness (QED) is 0.566. The molecule has 1 aromatic carbocycles. The van der Waals surface area contributed by atoms with Crippen molar-refractivity contribution in [1.29, 1.82) is 0 Å². The Morgan fingerprint density at radius 2 is 2.12 bits per heavy atom. The number of H-pyrrole nitrogens is 1. The largest absolute Gasteiger partial charge is 0.355 e. The summed E-state index contributed by atoms with van der Waals surface area (Å²) in [5.41, 5.74) is 1.09. The number of amides is 1. The molecule has 24 heavy (non-hydrogen) atoms. The predicted octanol–water partition coefficient (Wildman–Crippen LogP) is 2.31. The van der Waals surface area contributed by atoms with Gasteiger partial charge in [0.1, 0.15) is 5.82 Å². The number of hydrogen-bond acceptors (Lipinski definition) is 4. The molecule has 5 nitrogen and oxygen atoms in total. The third-order valence-corrected chi connectivity index (χ3v) is 4.17. The zero-order valence-electron chi connectivity index (χ0n) is 13.5. The van der Waals surface area contributed by atoms with E-state index < -0.39 is 0 Å². The lowest BCUT2D eigenvalue weighted by Crippen LogP contribution is -2.27. The van der Waals surface area contributed by atoms with E-state index in [9.17, 15) is 14.0 Å². The molecular formula is C17H20FN3O2S. The van der Waals surface area contributed by atoms with Crippen molar-refractivity contribution in [3.05, 3.63) is 57.8 Å². The number of nitrogens with zero attached hydrogens (tertiary/aromatic N) is 1. The van der Waals surface area contributed by atoms with E-state index in [-0.39, 0.29) is 23.0 Å². The van der Waals surface area contributed by atoms with Gasteiger partial charge in [0, 0.05) is 18.3 Å². The molecule has 1 aromatic heterocycles. The van der Waals surface area contributed by atoms with Crippen molar-refractivity contribution in [2.75, 3.05) is 12.3 Å². The Labute approximate surface area is 144 Å². The van der Waals surface area contributed by atoms with Crippen LogP contribution >= 0.6 is 11.8 Å². The van der Waals surface area contributed by atoms with Crippen molar-refractivity contribution in [2.45, 2.75) is 31.3 Å². The average molecular weight is 349 g/mol. The molecule has 0 saturated carbocycles. The number of aryl methyl sites for hydroxylation is 1. The Morgan fingerprint density at radius 1 is 1.33 bits per heavy atom. The molecule has 0 bridgehead atoms. The van der Waals surface area contributed by atoms with Crippen LogP contribution in [-0.4, -0.2) is 28.2 Å². The lowest BCUT2D eigenvalue weighted by molar-refractivity contribution is -0.118. The highest BCUT2D eigenvalue weighted by atomic mass is 32.2. The Balaban J connectivity index is 1.79. The van der Waals surface area contributed by atoms with Crippen molar-refractivity contribution in [3.63, 3.8) is 0 Å². The molecule has 0 unspecified atom stereocenters. The lowest BCUT2D eigenvalue weighted by atomic mass is 10.1. The molecule has 1 heterocycles. The standard InChI is InChI=1S/C17H20FN3O2S/c1-2-5-13-10-15(22)21-17(20-13)24-11-16(23)19-9-8-12-6-3-4-7-14(12)18/h3-4,6-7,10H,2,5,8-9,11H2,1H3,(H,19,23)(H,20,21,22). The minimum atomic E-state index is -0.268. The third-order valence-electron chi connectivity index (χ3n) is 3.29. The van der Waals surface area contributed by atoms with Gasteiger partial charge in [0.25, 0.3) is 5.56 Å². The van der Waals surface area contributed by atoms with Crippen molar-refractivity contribution in [1.82, 2.24) is 15.3 Å². The van der Waals surface area contributed by atoms with Gasteiger partial charge in [-0.05, 0) is 24.5 Å². The molecule has 0 aliphatic heterocycles. The highest BCUT2D eigenvalue weighted by Crippen LogP contribution is 2.11. The maximum absolute atomic E-state index is 13.5. The number of aromatic nitrogens is 2. The molecule has 0 fully saturated rings. The molecule has 0 aliphatic carbocycles. The maximum Gasteiger partial charge on any atom is 0.251 e. The first-order valence-electron chi connectivity index (χ1n) is 7.81. The fraction of sp³-hybridized carbons (Fsp3) is 0.353. The van der Waals surface area contributed by atoms with Gasteiger partial charge >= 0.3 is 0 Å². The summed E-state index contributed by atoms with van der Waals surface area (Å²) >= 11 is 1.18. The van der Waals surface area contributed by atoms with Crippen LogP contribution < -0.4 is 10.9 Å². The summed E-state index contributed by atoms with van der Waals surface area (Å²) in [4.78, 5) is 30.3. The van der Waals surface area contributed by atoms with Gasteiger partial charge in [-0.15, -0.1) is 0 Å². The first-order chi connectivity index (χ1) is 11.6. The highest BCUT2D eigenvalue weighted by molar-refractivity contribution is 7.99. The molecule has 0 spiro atoms. The molecule has 7 heteroatoms. The fourth-order valence-corrected chi connectivity index (χ4v) is 2.88. The number of carbonyl (C=O) groups is 1. The second-order valence-electron chi connectivity index (χ2n) is 5.27. The number of aromatic amines is 1. The zero-order chi connectivity index (χ0) is 17.4. The van der Waals surface area contributed by atoms with Crippen molar-refractivity contribution in [2.24, 2.45) is 0 Å². The second kappa shape index (κ2) is 9.22. The summed E-state index contributed by atoms with van der Waals surface area (Å²) in [7, 11) is 0. The summed E-state index contributed by atoms with van der Waals surface area (Å²) in [6.45, 7) is 2.37. The number of rotatable bonds is 8. The zero-order valence-corrected chi connectivity index (χ0v) is 14.3. The van der Waals surface area contributed by atoms with Crippen LogP contribution in [0.5, 0.6) is 0 Å². The molecule has 2 rings (SSSR count). The summed E-state index contributed by atoms with van der Waals surface area (Å²) in [5, 5.41) is 3.18. The van der Waals surface area contributed by atoms with Gasteiger partial charge in [-0.25, -0.2) is 9.37 Å². The first-order valence-corrected chi connectivity index (χ1v) is 8.80. The second-order valence-corrected chi connectivity index (χ2v) is 6.24. The van der Waals surface area contributed by atoms with Gasteiger partial charge in [0.2, 0.25) is 5.91 Å². The molecule has 2 N–H and O–H groups in total. The lowest BCUT2D eigenvalue weighted by Gasteiger charge is -2.06. The van der Waals surface area contributed by atoms with Gasteiger partial charge in [-0.3, -0.25) is 9.59 Å². The van der Waals surface area contributed by atoms with Gasteiger partial charge in [-0.2, -0.15) is 0 Å². The monoisotopic (exact) mass is 349 g/mol. The minimum absolute atomic E-state index is 0.149. The van der Waals surface area contributed by atoms with Crippen LogP contribution in [0.4, 0.5) is 4.39 Å². The van der Waals surface area contributed by atoms with Crippen molar-refractivity contribution in [3.8, 4) is 0 Å². The summed E-state index contributed by atoms with van der Waals surface area (Å²) in [5.74, 6) is -0.300. The Bertz CT molecular complexity index is 749. The maximum atomic E-state index is 13.5. The molecule has 0 saturated heterocycles. The van der Waals surface area contributed by atoms with Crippen molar-refractivity contribution < 1.29 is 9.18 Å². The normalized spacial score (nSPS) is 10.6. The predicted molar refractivity (Wildman–Crippen MR) is 92.7 cm³/mol. The first kappa shape index (κ1) is 18.2. The Kier molecular flexibility index (Phi) is 6.99. The van der Waals surface area contributed by atoms with E-state index in [1.165, 1.54) is 23.9 Å². The van der Waals surface area contributed by atoms with Crippen molar-refractivity contribution >= 4 is 17.7 Å². The van der Waals surface area contributed by atoms with Crippen LogP contribution in [-0.2, 0) is 17.6 Å². The minimum Gasteiger partial charge on any atom is -0.355 e. The van der Waals surface area contributed by atoms with Crippen LogP contribution in [0.3, 0.4) is 0 Å². The van der Waals surface area contributed by atoms with Gasteiger partial charge in [0.15, 0.2) is 5.16 Å². The highest BCUT2D eigenvalue weighted by Gasteiger charge is 2.07. The molecule has 0 atom stereocenters. The van der Waals surface area contributed by atoms with E-state index in [1.807, 2.05) is 6.92 Å². The Hall–Kier alpha value is -2.15. The molecule has 0 radical (unpaired) electrons. The third kappa shape index (κ3) is 5.81. The van der Waals surface area contributed by atoms with E-state index in [0.717, 1.165) is 18.5 Å². The van der Waals surface area contributed by atoms with Crippen LogP contribution in [0.2, 0.25) is 0 Å². The average Bonchev–Trinajstić information content (AvgIpc) is 2.55. The van der Waals surface area contributed by atoms with E-state index in [1.54, 1.807) is 18.2 Å². The van der Waals surface area contributed by atoms with Crippen LogP contribution in [0.15, 0.2) is 40.3 Å². The number of nitrogens with one attached hydrogen (secondary N) is 2. The fourth-order valence-electron chi connectivity index (χ4n) is 2.16. The smallest absolute Gasteiger partial charge is 0.251 e.